The fraction of sp³-hybridized carbons (Fsp3) is 0.929. The number of rotatable bonds is 14. The maximum absolute atomic E-state index is 11.1. The third-order valence-electron chi connectivity index (χ3n) is 3.34. The van der Waals surface area contributed by atoms with Gasteiger partial charge in [0.2, 0.25) is 0 Å². The zero-order chi connectivity index (χ0) is 15.2. The van der Waals surface area contributed by atoms with Gasteiger partial charge in [-0.2, -0.15) is 0 Å². The molecule has 0 saturated carbocycles. The average Bonchev–Trinajstić information content (AvgIpc) is 2.42. The van der Waals surface area contributed by atoms with Crippen LogP contribution in [0.25, 0.3) is 0 Å². The van der Waals surface area contributed by atoms with Crippen molar-refractivity contribution in [1.82, 2.24) is 5.32 Å². The van der Waals surface area contributed by atoms with Crippen molar-refractivity contribution < 1.29 is 15.0 Å². The summed E-state index contributed by atoms with van der Waals surface area (Å²) in [5.41, 5.74) is 10.8. The largest absolute Gasteiger partial charge is 0.480 e. The van der Waals surface area contributed by atoms with Crippen LogP contribution in [0.2, 0.25) is 0 Å². The first kappa shape index (κ1) is 19.3. The smallest absolute Gasteiger partial charge is 0.320 e. The van der Waals surface area contributed by atoms with Crippen molar-refractivity contribution in [3.8, 4) is 0 Å². The maximum atomic E-state index is 11.1. The molecule has 6 nitrogen and oxygen atoms in total. The monoisotopic (exact) mass is 289 g/mol. The molecule has 0 saturated heterocycles. The lowest BCUT2D eigenvalue weighted by Gasteiger charge is -2.17. The molecule has 0 amide bonds. The van der Waals surface area contributed by atoms with Crippen LogP contribution >= 0.6 is 0 Å². The van der Waals surface area contributed by atoms with E-state index in [1.54, 1.807) is 0 Å². The van der Waals surface area contributed by atoms with E-state index in [-0.39, 0.29) is 0 Å². The molecule has 7 N–H and O–H groups in total. The Morgan fingerprint density at radius 3 is 2.10 bits per heavy atom. The number of nitrogens with one attached hydrogen (secondary N) is 1. The highest BCUT2D eigenvalue weighted by Crippen LogP contribution is 2.06. The first-order valence-electron chi connectivity index (χ1n) is 7.66. The number of aliphatic carboxylic acids is 1. The van der Waals surface area contributed by atoms with Crippen LogP contribution < -0.4 is 16.8 Å². The van der Waals surface area contributed by atoms with Crippen LogP contribution in [0.3, 0.4) is 0 Å². The Morgan fingerprint density at radius 1 is 0.950 bits per heavy atom. The highest BCUT2D eigenvalue weighted by atomic mass is 16.4. The molecule has 0 radical (unpaired) electrons. The molecule has 0 aliphatic heterocycles. The molecule has 0 aromatic rings. The summed E-state index contributed by atoms with van der Waals surface area (Å²) in [5, 5.41) is 21.8. The van der Waals surface area contributed by atoms with Gasteiger partial charge in [-0.05, 0) is 38.8 Å². The zero-order valence-corrected chi connectivity index (χ0v) is 12.4. The van der Waals surface area contributed by atoms with E-state index >= 15 is 0 Å². The maximum Gasteiger partial charge on any atom is 0.320 e. The van der Waals surface area contributed by atoms with E-state index in [9.17, 15) is 9.90 Å². The van der Waals surface area contributed by atoms with Gasteiger partial charge in [-0.15, -0.1) is 0 Å². The Balaban J connectivity index is 3.70. The second-order valence-electron chi connectivity index (χ2n) is 5.23. The van der Waals surface area contributed by atoms with Gasteiger partial charge >= 0.3 is 5.97 Å². The molecule has 0 bridgehead atoms. The van der Waals surface area contributed by atoms with Gasteiger partial charge < -0.3 is 27.0 Å². The first-order valence-corrected chi connectivity index (χ1v) is 7.66. The fourth-order valence-electron chi connectivity index (χ4n) is 2.06. The van der Waals surface area contributed by atoms with Crippen LogP contribution in [-0.4, -0.2) is 48.0 Å². The minimum Gasteiger partial charge on any atom is -0.480 e. The molecule has 0 heterocycles. The lowest BCUT2D eigenvalue weighted by Crippen LogP contribution is -2.41. The molecule has 0 aliphatic carbocycles. The van der Waals surface area contributed by atoms with Gasteiger partial charge in [-0.25, -0.2) is 0 Å². The minimum absolute atomic E-state index is 0.330. The molecule has 120 valence electrons. The molecular formula is C14H31N3O3. The van der Waals surface area contributed by atoms with Crippen molar-refractivity contribution in [2.24, 2.45) is 11.5 Å². The Hall–Kier alpha value is -0.690. The normalized spacial score (nSPS) is 14.2. The van der Waals surface area contributed by atoms with E-state index in [1.165, 1.54) is 0 Å². The molecule has 20 heavy (non-hydrogen) atoms. The van der Waals surface area contributed by atoms with Crippen LogP contribution in [0.1, 0.15) is 51.4 Å². The molecule has 6 heteroatoms. The van der Waals surface area contributed by atoms with E-state index in [0.717, 1.165) is 38.5 Å². The van der Waals surface area contributed by atoms with E-state index in [1.807, 2.05) is 0 Å². The highest BCUT2D eigenvalue weighted by molar-refractivity contribution is 5.73. The van der Waals surface area contributed by atoms with Crippen molar-refractivity contribution in [2.75, 3.05) is 19.6 Å². The number of hydrogen-bond donors (Lipinski definition) is 5. The Labute approximate surface area is 121 Å². The van der Waals surface area contributed by atoms with Crippen LogP contribution in [0.4, 0.5) is 0 Å². The number of hydrogen-bond acceptors (Lipinski definition) is 5. The number of carboxylic acid groups (broad SMARTS) is 1. The average molecular weight is 289 g/mol. The van der Waals surface area contributed by atoms with Crippen molar-refractivity contribution in [2.45, 2.75) is 63.5 Å². The summed E-state index contributed by atoms with van der Waals surface area (Å²) in [5.74, 6) is -0.864. The molecular weight excluding hydrogens is 258 g/mol. The van der Waals surface area contributed by atoms with Gasteiger partial charge in [0.05, 0.1) is 6.10 Å². The molecule has 0 aromatic carbocycles. The number of aliphatic hydroxyl groups excluding tert-OH is 1. The van der Waals surface area contributed by atoms with Gasteiger partial charge in [0.25, 0.3) is 0 Å². The summed E-state index contributed by atoms with van der Waals surface area (Å²) < 4.78 is 0. The lowest BCUT2D eigenvalue weighted by molar-refractivity contribution is -0.139. The summed E-state index contributed by atoms with van der Waals surface area (Å²) in [6.07, 6.45) is 6.52. The number of unbranched alkanes of at least 4 members (excludes halogenated alkanes) is 4. The van der Waals surface area contributed by atoms with Crippen LogP contribution in [0.15, 0.2) is 0 Å². The van der Waals surface area contributed by atoms with Crippen LogP contribution in [-0.2, 0) is 4.79 Å². The molecule has 2 atom stereocenters. The van der Waals surface area contributed by atoms with Crippen LogP contribution in [0.5, 0.6) is 0 Å². The molecule has 0 rings (SSSR count). The first-order chi connectivity index (χ1) is 9.61. The van der Waals surface area contributed by atoms with E-state index in [0.29, 0.717) is 32.5 Å². The summed E-state index contributed by atoms with van der Waals surface area (Å²) in [6.45, 7) is 1.63. The van der Waals surface area contributed by atoms with Gasteiger partial charge in [-0.1, -0.05) is 25.7 Å². The van der Waals surface area contributed by atoms with Gasteiger partial charge in [0, 0.05) is 6.54 Å². The van der Waals surface area contributed by atoms with Gasteiger partial charge in [0.1, 0.15) is 6.04 Å². The summed E-state index contributed by atoms with van der Waals surface area (Å²) >= 11 is 0. The quantitative estimate of drug-likeness (QED) is 0.296. The third-order valence-corrected chi connectivity index (χ3v) is 3.34. The Kier molecular flexibility index (Phi) is 12.8. The predicted molar refractivity (Wildman–Crippen MR) is 80.5 cm³/mol. The zero-order valence-electron chi connectivity index (χ0n) is 12.4. The Morgan fingerprint density at radius 2 is 1.50 bits per heavy atom. The lowest BCUT2D eigenvalue weighted by atomic mass is 10.1. The van der Waals surface area contributed by atoms with Crippen LogP contribution in [0, 0.1) is 0 Å². The number of aliphatic hydroxyl groups is 1. The molecule has 0 fully saturated rings. The number of carboxylic acids is 1. The van der Waals surface area contributed by atoms with Crippen molar-refractivity contribution in [1.29, 1.82) is 0 Å². The van der Waals surface area contributed by atoms with Gasteiger partial charge in [0.15, 0.2) is 0 Å². The van der Waals surface area contributed by atoms with E-state index in [2.05, 4.69) is 5.32 Å². The fourth-order valence-corrected chi connectivity index (χ4v) is 2.06. The molecule has 0 spiro atoms. The summed E-state index contributed by atoms with van der Waals surface area (Å²) in [6, 6.07) is -0.589. The van der Waals surface area contributed by atoms with E-state index in [4.69, 9.17) is 16.6 Å². The SMILES string of the molecule is NCCCCCCC(O)CN[C@@H](CCCCN)C(=O)O. The standard InChI is InChI=1S/C14H31N3O3/c15-9-5-2-1-3-7-12(18)11-17-13(14(19)20)8-4-6-10-16/h12-13,17-18H,1-11,15-16H2,(H,19,20)/t12?,13-/m0/s1. The topological polar surface area (TPSA) is 122 Å². The van der Waals surface area contributed by atoms with Gasteiger partial charge in [-0.3, -0.25) is 4.79 Å². The number of carbonyl (C=O) groups is 1. The Bertz CT molecular complexity index is 240. The van der Waals surface area contributed by atoms with Crippen molar-refractivity contribution in [3.05, 3.63) is 0 Å². The number of nitrogens with two attached hydrogens (primary N) is 2. The third kappa shape index (κ3) is 11.2. The molecule has 0 aromatic heterocycles. The molecule has 1 unspecified atom stereocenters. The van der Waals surface area contributed by atoms with Crippen molar-refractivity contribution in [3.63, 3.8) is 0 Å². The van der Waals surface area contributed by atoms with Crippen molar-refractivity contribution >= 4 is 5.97 Å². The predicted octanol–water partition coefficient (Wildman–Crippen LogP) is 0.428. The van der Waals surface area contributed by atoms with E-state index < -0.39 is 18.1 Å². The summed E-state index contributed by atoms with van der Waals surface area (Å²) in [7, 11) is 0. The molecule has 0 aliphatic rings. The highest BCUT2D eigenvalue weighted by Gasteiger charge is 2.17. The second kappa shape index (κ2) is 13.3. The summed E-state index contributed by atoms with van der Waals surface area (Å²) in [4.78, 5) is 11.1. The second-order valence-corrected chi connectivity index (χ2v) is 5.23. The minimum atomic E-state index is -0.864.